The van der Waals surface area contributed by atoms with E-state index in [0.717, 1.165) is 12.1 Å². The van der Waals surface area contributed by atoms with Crippen molar-refractivity contribution >= 4 is 17.6 Å². The molecule has 118 valence electrons. The predicted octanol–water partition coefficient (Wildman–Crippen LogP) is 1.54. The lowest BCUT2D eigenvalue weighted by Gasteiger charge is -2.35. The SMILES string of the molecule is CCC1COCCN1C(=O)c1cc(C(=O)O)cc([N+](=O)[O-])c1. The molecule has 0 spiro atoms. The van der Waals surface area contributed by atoms with Gasteiger partial charge in [-0.25, -0.2) is 4.79 Å². The molecule has 0 aromatic heterocycles. The third kappa shape index (κ3) is 3.22. The van der Waals surface area contributed by atoms with E-state index >= 15 is 0 Å². The van der Waals surface area contributed by atoms with E-state index in [1.807, 2.05) is 6.92 Å². The van der Waals surface area contributed by atoms with E-state index in [2.05, 4.69) is 0 Å². The van der Waals surface area contributed by atoms with Crippen LogP contribution in [0.15, 0.2) is 18.2 Å². The average Bonchev–Trinajstić information content (AvgIpc) is 2.53. The molecule has 0 aliphatic carbocycles. The molecule has 8 nitrogen and oxygen atoms in total. The molecule has 1 aliphatic rings. The first-order valence-electron chi connectivity index (χ1n) is 6.85. The summed E-state index contributed by atoms with van der Waals surface area (Å²) in [6, 6.07) is 3.10. The number of rotatable bonds is 4. The molecule has 8 heteroatoms. The highest BCUT2D eigenvalue weighted by Crippen LogP contribution is 2.21. The third-order valence-corrected chi connectivity index (χ3v) is 3.58. The average molecular weight is 308 g/mol. The number of carboxylic acids is 1. The Labute approximate surface area is 126 Å². The number of morpholine rings is 1. The Morgan fingerprint density at radius 3 is 2.68 bits per heavy atom. The van der Waals surface area contributed by atoms with Gasteiger partial charge in [0.05, 0.1) is 29.7 Å². The summed E-state index contributed by atoms with van der Waals surface area (Å²) < 4.78 is 5.32. The number of nitro benzene ring substituents is 1. The van der Waals surface area contributed by atoms with Crippen molar-refractivity contribution < 1.29 is 24.4 Å². The van der Waals surface area contributed by atoms with Crippen LogP contribution >= 0.6 is 0 Å². The van der Waals surface area contributed by atoms with Gasteiger partial charge in [-0.1, -0.05) is 6.92 Å². The molecule has 1 unspecified atom stereocenters. The molecule has 1 N–H and O–H groups in total. The lowest BCUT2D eigenvalue weighted by Crippen LogP contribution is -2.48. The van der Waals surface area contributed by atoms with Gasteiger partial charge >= 0.3 is 5.97 Å². The molecule has 1 aromatic rings. The molecule has 1 atom stereocenters. The van der Waals surface area contributed by atoms with Gasteiger partial charge in [0.1, 0.15) is 0 Å². The zero-order valence-corrected chi connectivity index (χ0v) is 12.0. The van der Waals surface area contributed by atoms with E-state index in [0.29, 0.717) is 26.2 Å². The largest absolute Gasteiger partial charge is 0.478 e. The van der Waals surface area contributed by atoms with Crippen LogP contribution in [0.1, 0.15) is 34.1 Å². The van der Waals surface area contributed by atoms with Crippen LogP contribution in [0, 0.1) is 10.1 Å². The van der Waals surface area contributed by atoms with Crippen molar-refractivity contribution in [3.8, 4) is 0 Å². The summed E-state index contributed by atoms with van der Waals surface area (Å²) in [7, 11) is 0. The Morgan fingerprint density at radius 2 is 2.09 bits per heavy atom. The Kier molecular flexibility index (Phi) is 4.71. The summed E-state index contributed by atoms with van der Waals surface area (Å²) in [5.74, 6) is -1.73. The van der Waals surface area contributed by atoms with E-state index in [1.165, 1.54) is 6.07 Å². The van der Waals surface area contributed by atoms with E-state index in [4.69, 9.17) is 9.84 Å². The van der Waals surface area contributed by atoms with Crippen LogP contribution in [0.4, 0.5) is 5.69 Å². The van der Waals surface area contributed by atoms with E-state index in [1.54, 1.807) is 4.90 Å². The molecule has 1 heterocycles. The summed E-state index contributed by atoms with van der Waals surface area (Å²) in [5, 5.41) is 20.0. The predicted molar refractivity (Wildman–Crippen MR) is 76.0 cm³/mol. The maximum Gasteiger partial charge on any atom is 0.335 e. The van der Waals surface area contributed by atoms with Gasteiger partial charge in [0.25, 0.3) is 11.6 Å². The molecule has 1 saturated heterocycles. The first-order chi connectivity index (χ1) is 10.4. The van der Waals surface area contributed by atoms with Crippen molar-refractivity contribution in [3.05, 3.63) is 39.4 Å². The van der Waals surface area contributed by atoms with Crippen molar-refractivity contribution in [2.24, 2.45) is 0 Å². The molecular weight excluding hydrogens is 292 g/mol. The minimum atomic E-state index is -1.31. The summed E-state index contributed by atoms with van der Waals surface area (Å²) in [5.41, 5.74) is -0.685. The summed E-state index contributed by atoms with van der Waals surface area (Å²) >= 11 is 0. The van der Waals surface area contributed by atoms with Gasteiger partial charge in [-0.05, 0) is 12.5 Å². The quantitative estimate of drug-likeness (QED) is 0.667. The number of amides is 1. The molecule has 2 rings (SSSR count). The second-order valence-electron chi connectivity index (χ2n) is 4.97. The van der Waals surface area contributed by atoms with E-state index < -0.39 is 22.5 Å². The van der Waals surface area contributed by atoms with Crippen LogP contribution < -0.4 is 0 Å². The van der Waals surface area contributed by atoms with Crippen molar-refractivity contribution in [2.45, 2.75) is 19.4 Å². The van der Waals surface area contributed by atoms with E-state index in [9.17, 15) is 19.7 Å². The lowest BCUT2D eigenvalue weighted by molar-refractivity contribution is -0.384. The number of non-ortho nitro benzene ring substituents is 1. The van der Waals surface area contributed by atoms with Crippen LogP contribution in [0.5, 0.6) is 0 Å². The van der Waals surface area contributed by atoms with Gasteiger partial charge in [-0.2, -0.15) is 0 Å². The Balaban J connectivity index is 2.39. The van der Waals surface area contributed by atoms with Crippen LogP contribution in [0.25, 0.3) is 0 Å². The number of carbonyl (C=O) groups is 2. The smallest absolute Gasteiger partial charge is 0.335 e. The Bertz CT molecular complexity index is 583. The van der Waals surface area contributed by atoms with Gasteiger partial charge in [0.2, 0.25) is 0 Å². The molecule has 1 fully saturated rings. The first kappa shape index (κ1) is 15.9. The van der Waals surface area contributed by atoms with Gasteiger partial charge in [0.15, 0.2) is 0 Å². The van der Waals surface area contributed by atoms with Gasteiger partial charge < -0.3 is 14.7 Å². The second kappa shape index (κ2) is 6.52. The number of aromatic carboxylic acids is 1. The number of benzene rings is 1. The van der Waals surface area contributed by atoms with E-state index in [-0.39, 0.29) is 17.2 Å². The van der Waals surface area contributed by atoms with Crippen LogP contribution in [-0.4, -0.2) is 52.6 Å². The van der Waals surface area contributed by atoms with Crippen LogP contribution in [-0.2, 0) is 4.74 Å². The number of nitro groups is 1. The lowest BCUT2D eigenvalue weighted by atomic mass is 10.1. The van der Waals surface area contributed by atoms with Crippen molar-refractivity contribution in [1.82, 2.24) is 4.90 Å². The maximum absolute atomic E-state index is 12.6. The second-order valence-corrected chi connectivity index (χ2v) is 4.97. The summed E-state index contributed by atoms with van der Waals surface area (Å²) in [6.45, 7) is 3.09. The fourth-order valence-corrected chi connectivity index (χ4v) is 2.39. The standard InChI is InChI=1S/C14H16N2O6/c1-2-11-8-22-4-3-15(11)13(17)9-5-10(14(18)19)7-12(6-9)16(20)21/h5-7,11H,2-4,8H2,1H3,(H,18,19). The molecule has 0 saturated carbocycles. The third-order valence-electron chi connectivity index (χ3n) is 3.58. The maximum atomic E-state index is 12.6. The molecule has 1 amide bonds. The highest BCUT2D eigenvalue weighted by atomic mass is 16.6. The monoisotopic (exact) mass is 308 g/mol. The zero-order chi connectivity index (χ0) is 16.3. The molecular formula is C14H16N2O6. The fraction of sp³-hybridized carbons (Fsp3) is 0.429. The van der Waals surface area contributed by atoms with Crippen molar-refractivity contribution in [1.29, 1.82) is 0 Å². The first-order valence-corrected chi connectivity index (χ1v) is 6.85. The number of ether oxygens (including phenoxy) is 1. The minimum absolute atomic E-state index is 0.00644. The minimum Gasteiger partial charge on any atom is -0.478 e. The Hall–Kier alpha value is -2.48. The molecule has 0 radical (unpaired) electrons. The van der Waals surface area contributed by atoms with Crippen LogP contribution in [0.3, 0.4) is 0 Å². The highest BCUT2D eigenvalue weighted by molar-refractivity contribution is 5.98. The van der Waals surface area contributed by atoms with Gasteiger partial charge in [0, 0.05) is 24.2 Å². The summed E-state index contributed by atoms with van der Waals surface area (Å²) in [4.78, 5) is 35.4. The number of hydrogen-bond acceptors (Lipinski definition) is 5. The normalized spacial score (nSPS) is 18.0. The number of hydrogen-bond donors (Lipinski definition) is 1. The van der Waals surface area contributed by atoms with Gasteiger partial charge in [-0.3, -0.25) is 14.9 Å². The van der Waals surface area contributed by atoms with Crippen molar-refractivity contribution in [2.75, 3.05) is 19.8 Å². The fourth-order valence-electron chi connectivity index (χ4n) is 2.39. The zero-order valence-electron chi connectivity index (χ0n) is 12.0. The number of nitrogens with zero attached hydrogens (tertiary/aromatic N) is 2. The number of carboxylic acid groups (broad SMARTS) is 1. The van der Waals surface area contributed by atoms with Crippen molar-refractivity contribution in [3.63, 3.8) is 0 Å². The highest BCUT2D eigenvalue weighted by Gasteiger charge is 2.28. The Morgan fingerprint density at radius 1 is 1.41 bits per heavy atom. The summed E-state index contributed by atoms with van der Waals surface area (Å²) in [6.07, 6.45) is 0.687. The molecule has 22 heavy (non-hydrogen) atoms. The molecule has 1 aromatic carbocycles. The molecule has 1 aliphatic heterocycles. The molecule has 0 bridgehead atoms. The number of carbonyl (C=O) groups excluding carboxylic acids is 1. The van der Waals surface area contributed by atoms with Gasteiger partial charge in [-0.15, -0.1) is 0 Å². The van der Waals surface area contributed by atoms with Crippen LogP contribution in [0.2, 0.25) is 0 Å². The topological polar surface area (TPSA) is 110 Å².